The van der Waals surface area contributed by atoms with Crippen LogP contribution in [0.15, 0.2) is 0 Å². The molecule has 2 aliphatic rings. The summed E-state index contributed by atoms with van der Waals surface area (Å²) in [7, 11) is 0. The lowest BCUT2D eigenvalue weighted by Crippen LogP contribution is -2.53. The van der Waals surface area contributed by atoms with Crippen LogP contribution >= 0.6 is 0 Å². The van der Waals surface area contributed by atoms with E-state index in [1.807, 2.05) is 0 Å². The van der Waals surface area contributed by atoms with Crippen LogP contribution in [0.3, 0.4) is 0 Å². The van der Waals surface area contributed by atoms with E-state index in [2.05, 4.69) is 17.1 Å². The molecule has 0 spiro atoms. The molecule has 0 aromatic rings. The van der Waals surface area contributed by atoms with Crippen LogP contribution in [0.4, 0.5) is 0 Å². The summed E-state index contributed by atoms with van der Waals surface area (Å²) in [5.41, 5.74) is 0.342. The molecule has 2 saturated heterocycles. The molecule has 0 unspecified atom stereocenters. The molecule has 4 nitrogen and oxygen atoms in total. The highest BCUT2D eigenvalue weighted by molar-refractivity contribution is 5.77. The molecular weight excluding hydrogens is 252 g/mol. The molecule has 0 aliphatic carbocycles. The SMILES string of the molecule is CCCCCOCC(=O)NCC12CCCN(CCC1)C2. The normalized spacial score (nSPS) is 29.1. The molecule has 1 amide bonds. The van der Waals surface area contributed by atoms with Crippen LogP contribution in [-0.2, 0) is 9.53 Å². The highest BCUT2D eigenvalue weighted by Gasteiger charge is 2.38. The molecule has 1 N–H and O–H groups in total. The van der Waals surface area contributed by atoms with Crippen molar-refractivity contribution in [2.45, 2.75) is 51.9 Å². The second-order valence-corrected chi connectivity index (χ2v) is 6.52. The summed E-state index contributed by atoms with van der Waals surface area (Å²) < 4.78 is 5.42. The fraction of sp³-hybridized carbons (Fsp3) is 0.938. The van der Waals surface area contributed by atoms with Crippen LogP contribution in [0, 0.1) is 5.41 Å². The van der Waals surface area contributed by atoms with E-state index in [1.54, 1.807) is 0 Å². The van der Waals surface area contributed by atoms with Crippen molar-refractivity contribution < 1.29 is 9.53 Å². The Hall–Kier alpha value is -0.610. The number of hydrogen-bond donors (Lipinski definition) is 1. The highest BCUT2D eigenvalue weighted by atomic mass is 16.5. The minimum absolute atomic E-state index is 0.0542. The summed E-state index contributed by atoms with van der Waals surface area (Å²) >= 11 is 0. The number of unbranched alkanes of at least 4 members (excludes halogenated alkanes) is 2. The minimum Gasteiger partial charge on any atom is -0.372 e. The van der Waals surface area contributed by atoms with Crippen molar-refractivity contribution in [3.8, 4) is 0 Å². The first kappa shape index (κ1) is 15.8. The Balaban J connectivity index is 1.62. The Morgan fingerprint density at radius 2 is 2.00 bits per heavy atom. The standard InChI is InChI=1S/C16H30N2O2/c1-2-3-4-11-20-12-15(19)17-13-16-7-5-9-18(14-16)10-6-8-16/h2-14H2,1H3,(H,17,19). The number of ether oxygens (including phenoxy) is 1. The molecule has 20 heavy (non-hydrogen) atoms. The first-order valence-corrected chi connectivity index (χ1v) is 8.31. The summed E-state index contributed by atoms with van der Waals surface area (Å²) in [4.78, 5) is 14.4. The van der Waals surface area contributed by atoms with Crippen LogP contribution in [0.2, 0.25) is 0 Å². The fourth-order valence-corrected chi connectivity index (χ4v) is 3.57. The van der Waals surface area contributed by atoms with E-state index in [0.717, 1.165) is 13.0 Å². The van der Waals surface area contributed by atoms with Crippen molar-refractivity contribution >= 4 is 5.91 Å². The van der Waals surface area contributed by atoms with Gasteiger partial charge in [-0.05, 0) is 45.2 Å². The number of hydrogen-bond acceptors (Lipinski definition) is 3. The van der Waals surface area contributed by atoms with Gasteiger partial charge in [0.15, 0.2) is 0 Å². The van der Waals surface area contributed by atoms with Gasteiger partial charge < -0.3 is 15.0 Å². The quantitative estimate of drug-likeness (QED) is 0.694. The van der Waals surface area contributed by atoms with Crippen molar-refractivity contribution in [1.29, 1.82) is 0 Å². The Kier molecular flexibility index (Phi) is 6.30. The van der Waals surface area contributed by atoms with E-state index in [-0.39, 0.29) is 12.5 Å². The third kappa shape index (κ3) is 4.74. The monoisotopic (exact) mass is 282 g/mol. The summed E-state index contributed by atoms with van der Waals surface area (Å²) in [6.45, 7) is 7.60. The van der Waals surface area contributed by atoms with Gasteiger partial charge in [0.1, 0.15) is 6.61 Å². The second-order valence-electron chi connectivity index (χ2n) is 6.52. The van der Waals surface area contributed by atoms with Gasteiger partial charge in [0.2, 0.25) is 5.91 Å². The van der Waals surface area contributed by atoms with Gasteiger partial charge in [-0.2, -0.15) is 0 Å². The molecule has 2 heterocycles. The maximum Gasteiger partial charge on any atom is 0.246 e. The van der Waals surface area contributed by atoms with Crippen molar-refractivity contribution in [1.82, 2.24) is 10.2 Å². The first-order valence-electron chi connectivity index (χ1n) is 8.31. The van der Waals surface area contributed by atoms with Crippen molar-refractivity contribution in [2.75, 3.05) is 39.4 Å². The smallest absolute Gasteiger partial charge is 0.246 e. The summed E-state index contributed by atoms with van der Waals surface area (Å²) in [6, 6.07) is 0. The van der Waals surface area contributed by atoms with Crippen molar-refractivity contribution in [2.24, 2.45) is 5.41 Å². The molecule has 4 heteroatoms. The molecule has 0 radical (unpaired) electrons. The van der Waals surface area contributed by atoms with E-state index in [4.69, 9.17) is 4.74 Å². The van der Waals surface area contributed by atoms with Crippen LogP contribution in [0.25, 0.3) is 0 Å². The Labute approximate surface area is 123 Å². The van der Waals surface area contributed by atoms with Gasteiger partial charge in [0, 0.05) is 25.1 Å². The van der Waals surface area contributed by atoms with E-state index in [1.165, 1.54) is 58.2 Å². The predicted molar refractivity (Wildman–Crippen MR) is 80.7 cm³/mol. The number of carbonyl (C=O) groups excluding carboxylic acids is 1. The van der Waals surface area contributed by atoms with Crippen LogP contribution in [-0.4, -0.2) is 50.2 Å². The molecule has 2 fully saturated rings. The van der Waals surface area contributed by atoms with E-state index in [9.17, 15) is 4.79 Å². The number of piperidine rings is 2. The largest absolute Gasteiger partial charge is 0.372 e. The van der Waals surface area contributed by atoms with Crippen molar-refractivity contribution in [3.63, 3.8) is 0 Å². The van der Waals surface area contributed by atoms with Crippen LogP contribution in [0.5, 0.6) is 0 Å². The zero-order chi connectivity index (χ0) is 14.3. The molecule has 2 bridgehead atoms. The van der Waals surface area contributed by atoms with E-state index >= 15 is 0 Å². The molecular formula is C16H30N2O2. The highest BCUT2D eigenvalue weighted by Crippen LogP contribution is 2.37. The average Bonchev–Trinajstić information content (AvgIpc) is 2.45. The maximum absolute atomic E-state index is 11.8. The maximum atomic E-state index is 11.8. The third-order valence-corrected chi connectivity index (χ3v) is 4.71. The number of carbonyl (C=O) groups is 1. The number of nitrogens with one attached hydrogen (secondary N) is 1. The second kappa shape index (κ2) is 7.99. The average molecular weight is 282 g/mol. The van der Waals surface area contributed by atoms with Gasteiger partial charge in [-0.3, -0.25) is 4.79 Å². The topological polar surface area (TPSA) is 41.6 Å². The molecule has 2 aliphatic heterocycles. The van der Waals surface area contributed by atoms with Gasteiger partial charge in [-0.25, -0.2) is 0 Å². The molecule has 0 atom stereocenters. The third-order valence-electron chi connectivity index (χ3n) is 4.71. The van der Waals surface area contributed by atoms with Gasteiger partial charge in [0.05, 0.1) is 0 Å². The lowest BCUT2D eigenvalue weighted by Gasteiger charge is -2.47. The summed E-state index contributed by atoms with van der Waals surface area (Å²) in [5.74, 6) is 0.0542. The first-order chi connectivity index (χ1) is 9.74. The van der Waals surface area contributed by atoms with Crippen molar-refractivity contribution in [3.05, 3.63) is 0 Å². The molecule has 0 aromatic heterocycles. The molecule has 116 valence electrons. The Bertz CT molecular complexity index is 297. The lowest BCUT2D eigenvalue weighted by molar-refractivity contribution is -0.126. The lowest BCUT2D eigenvalue weighted by atomic mass is 9.73. The van der Waals surface area contributed by atoms with Gasteiger partial charge in [-0.1, -0.05) is 19.8 Å². The molecule has 0 aromatic carbocycles. The van der Waals surface area contributed by atoms with E-state index < -0.39 is 0 Å². The number of nitrogens with zero attached hydrogens (tertiary/aromatic N) is 1. The molecule has 0 saturated carbocycles. The summed E-state index contributed by atoms with van der Waals surface area (Å²) in [6.07, 6.45) is 8.52. The van der Waals surface area contributed by atoms with Gasteiger partial charge in [-0.15, -0.1) is 0 Å². The van der Waals surface area contributed by atoms with Gasteiger partial charge >= 0.3 is 0 Å². The fourth-order valence-electron chi connectivity index (χ4n) is 3.57. The number of amides is 1. The molecule has 2 rings (SSSR count). The zero-order valence-corrected chi connectivity index (χ0v) is 13.0. The predicted octanol–water partition coefficient (Wildman–Crippen LogP) is 2.19. The summed E-state index contributed by atoms with van der Waals surface area (Å²) in [5, 5.41) is 3.10. The zero-order valence-electron chi connectivity index (χ0n) is 13.0. The number of fused-ring (bicyclic) bond motifs is 2. The Morgan fingerprint density at radius 3 is 2.70 bits per heavy atom. The van der Waals surface area contributed by atoms with Gasteiger partial charge in [0.25, 0.3) is 0 Å². The van der Waals surface area contributed by atoms with Crippen LogP contribution in [0.1, 0.15) is 51.9 Å². The van der Waals surface area contributed by atoms with Crippen LogP contribution < -0.4 is 5.32 Å². The number of rotatable bonds is 8. The Morgan fingerprint density at radius 1 is 1.25 bits per heavy atom. The van der Waals surface area contributed by atoms with E-state index in [0.29, 0.717) is 12.0 Å². The minimum atomic E-state index is 0.0542.